The van der Waals surface area contributed by atoms with Crippen LogP contribution in [0, 0.1) is 0 Å². The smallest absolute Gasteiger partial charge is 0.355 e. The number of alkyl halides is 3. The Morgan fingerprint density at radius 3 is 2.45 bits per heavy atom. The Balaban J connectivity index is 2.38. The molecule has 2 aromatic rings. The fourth-order valence-electron chi connectivity index (χ4n) is 1.66. The summed E-state index contributed by atoms with van der Waals surface area (Å²) in [5.41, 5.74) is 1.02. The van der Waals surface area contributed by atoms with Crippen LogP contribution in [0.1, 0.15) is 5.56 Å². The molecule has 0 fully saturated rings. The predicted octanol–water partition coefficient (Wildman–Crippen LogP) is 4.43. The first-order chi connectivity index (χ1) is 10.4. The van der Waals surface area contributed by atoms with Gasteiger partial charge in [-0.2, -0.15) is 13.2 Å². The highest BCUT2D eigenvalue weighted by atomic mass is 79.9. The summed E-state index contributed by atoms with van der Waals surface area (Å²) in [6, 6.07) is 9.90. The Hall–Kier alpha value is -2.15. The lowest BCUT2D eigenvalue weighted by atomic mass is 10.1. The van der Waals surface area contributed by atoms with E-state index in [1.54, 1.807) is 24.3 Å². The average molecular weight is 371 g/mol. The SMILES string of the molecule is O=C(/C=C(\Nc1cccc(Br)c1)c1ccncc1)C(F)(F)F. The van der Waals surface area contributed by atoms with Crippen LogP contribution in [0.3, 0.4) is 0 Å². The van der Waals surface area contributed by atoms with Crippen molar-refractivity contribution >= 4 is 33.1 Å². The Morgan fingerprint density at radius 1 is 1.18 bits per heavy atom. The van der Waals surface area contributed by atoms with Gasteiger partial charge in [-0.25, -0.2) is 0 Å². The standard InChI is InChI=1S/C15H10BrF3N2O/c16-11-2-1-3-12(8-11)21-13(9-14(22)15(17,18)19)10-4-6-20-7-5-10/h1-9,21H/b13-9-. The summed E-state index contributed by atoms with van der Waals surface area (Å²) < 4.78 is 38.2. The summed E-state index contributed by atoms with van der Waals surface area (Å²) in [5.74, 6) is -1.93. The molecule has 114 valence electrons. The van der Waals surface area contributed by atoms with E-state index in [9.17, 15) is 18.0 Å². The van der Waals surface area contributed by atoms with Crippen molar-refractivity contribution in [2.75, 3.05) is 5.32 Å². The van der Waals surface area contributed by atoms with Crippen molar-refractivity contribution < 1.29 is 18.0 Å². The average Bonchev–Trinajstić information content (AvgIpc) is 2.46. The van der Waals surface area contributed by atoms with Crippen molar-refractivity contribution in [1.82, 2.24) is 4.98 Å². The second-order valence-corrected chi connectivity index (χ2v) is 5.21. The third-order valence-corrected chi connectivity index (χ3v) is 3.14. The molecule has 0 atom stereocenters. The van der Waals surface area contributed by atoms with Crippen molar-refractivity contribution in [2.24, 2.45) is 0 Å². The van der Waals surface area contributed by atoms with Crippen LogP contribution in [-0.4, -0.2) is 16.9 Å². The molecule has 1 heterocycles. The number of pyridine rings is 1. The van der Waals surface area contributed by atoms with E-state index in [0.717, 1.165) is 4.47 Å². The topological polar surface area (TPSA) is 42.0 Å². The van der Waals surface area contributed by atoms with E-state index in [0.29, 0.717) is 17.3 Å². The van der Waals surface area contributed by atoms with Crippen LogP contribution in [0.15, 0.2) is 59.3 Å². The van der Waals surface area contributed by atoms with Crippen molar-refractivity contribution in [3.05, 3.63) is 64.9 Å². The van der Waals surface area contributed by atoms with Crippen LogP contribution in [0.25, 0.3) is 5.70 Å². The van der Waals surface area contributed by atoms with Crippen LogP contribution in [0.2, 0.25) is 0 Å². The van der Waals surface area contributed by atoms with Gasteiger partial charge >= 0.3 is 6.18 Å². The number of ketones is 1. The van der Waals surface area contributed by atoms with Gasteiger partial charge < -0.3 is 5.32 Å². The second kappa shape index (κ2) is 6.74. The van der Waals surface area contributed by atoms with Gasteiger partial charge in [-0.3, -0.25) is 9.78 Å². The number of carbonyl (C=O) groups is 1. The van der Waals surface area contributed by atoms with Gasteiger partial charge in [0.1, 0.15) is 0 Å². The molecule has 0 saturated carbocycles. The predicted molar refractivity (Wildman–Crippen MR) is 81.0 cm³/mol. The number of anilines is 1. The zero-order valence-corrected chi connectivity index (χ0v) is 12.6. The number of allylic oxidation sites excluding steroid dienone is 1. The summed E-state index contributed by atoms with van der Waals surface area (Å²) in [5, 5.41) is 2.82. The lowest BCUT2D eigenvalue weighted by Gasteiger charge is -2.12. The van der Waals surface area contributed by atoms with Crippen LogP contribution >= 0.6 is 15.9 Å². The van der Waals surface area contributed by atoms with Crippen molar-refractivity contribution in [3.8, 4) is 0 Å². The minimum Gasteiger partial charge on any atom is -0.355 e. The Kier molecular flexibility index (Phi) is 4.97. The monoisotopic (exact) mass is 370 g/mol. The van der Waals surface area contributed by atoms with E-state index >= 15 is 0 Å². The molecule has 2 rings (SSSR count). The molecule has 0 radical (unpaired) electrons. The Labute approximate surface area is 133 Å². The molecule has 22 heavy (non-hydrogen) atoms. The van der Waals surface area contributed by atoms with Gasteiger partial charge in [-0.15, -0.1) is 0 Å². The van der Waals surface area contributed by atoms with E-state index < -0.39 is 12.0 Å². The number of nitrogens with one attached hydrogen (secondary N) is 1. The van der Waals surface area contributed by atoms with Crippen LogP contribution in [0.4, 0.5) is 18.9 Å². The molecule has 0 aliphatic carbocycles. The molecule has 1 aromatic heterocycles. The van der Waals surface area contributed by atoms with Gasteiger partial charge in [-0.1, -0.05) is 22.0 Å². The number of hydrogen-bond acceptors (Lipinski definition) is 3. The highest BCUT2D eigenvalue weighted by Crippen LogP contribution is 2.24. The Bertz CT molecular complexity index is 699. The molecule has 0 aliphatic rings. The minimum atomic E-state index is -4.92. The molecular formula is C15H10BrF3N2O. The quantitative estimate of drug-likeness (QED) is 0.809. The zero-order chi connectivity index (χ0) is 16.2. The molecule has 0 amide bonds. The van der Waals surface area contributed by atoms with Gasteiger partial charge in [0.05, 0.1) is 0 Å². The fourth-order valence-corrected chi connectivity index (χ4v) is 2.06. The van der Waals surface area contributed by atoms with E-state index in [2.05, 4.69) is 26.2 Å². The molecule has 0 aliphatic heterocycles. The summed E-state index contributed by atoms with van der Waals surface area (Å²) in [6.07, 6.45) is -1.51. The highest BCUT2D eigenvalue weighted by molar-refractivity contribution is 9.10. The summed E-state index contributed by atoms with van der Waals surface area (Å²) in [7, 11) is 0. The lowest BCUT2D eigenvalue weighted by Crippen LogP contribution is -2.21. The molecule has 1 N–H and O–H groups in total. The maximum atomic E-state index is 12.5. The minimum absolute atomic E-state index is 0.0443. The third-order valence-electron chi connectivity index (χ3n) is 2.65. The van der Waals surface area contributed by atoms with Crippen molar-refractivity contribution in [2.45, 2.75) is 6.18 Å². The number of benzene rings is 1. The maximum Gasteiger partial charge on any atom is 0.454 e. The van der Waals surface area contributed by atoms with Gasteiger partial charge in [0.2, 0.25) is 0 Å². The summed E-state index contributed by atoms with van der Waals surface area (Å²) in [6.45, 7) is 0. The summed E-state index contributed by atoms with van der Waals surface area (Å²) >= 11 is 3.27. The van der Waals surface area contributed by atoms with E-state index in [4.69, 9.17) is 0 Å². The largest absolute Gasteiger partial charge is 0.454 e. The number of aromatic nitrogens is 1. The van der Waals surface area contributed by atoms with Gasteiger partial charge in [0, 0.05) is 39.9 Å². The first kappa shape index (κ1) is 16.2. The highest BCUT2D eigenvalue weighted by Gasteiger charge is 2.36. The van der Waals surface area contributed by atoms with Gasteiger partial charge in [0.15, 0.2) is 0 Å². The number of nitrogens with zero attached hydrogens (tertiary/aromatic N) is 1. The first-order valence-corrected chi connectivity index (χ1v) is 6.91. The third kappa shape index (κ3) is 4.42. The van der Waals surface area contributed by atoms with Gasteiger partial charge in [0.25, 0.3) is 5.78 Å². The molecule has 0 saturated heterocycles. The summed E-state index contributed by atoms with van der Waals surface area (Å²) in [4.78, 5) is 15.0. The number of halogens is 4. The lowest BCUT2D eigenvalue weighted by molar-refractivity contribution is -0.165. The van der Waals surface area contributed by atoms with Crippen molar-refractivity contribution in [3.63, 3.8) is 0 Å². The Morgan fingerprint density at radius 2 is 1.86 bits per heavy atom. The number of carbonyl (C=O) groups excluding carboxylic acids is 1. The van der Waals surface area contributed by atoms with E-state index in [1.807, 2.05) is 0 Å². The normalized spacial score (nSPS) is 12.1. The first-order valence-electron chi connectivity index (χ1n) is 6.12. The second-order valence-electron chi connectivity index (χ2n) is 4.29. The molecule has 1 aromatic carbocycles. The maximum absolute atomic E-state index is 12.5. The zero-order valence-electron chi connectivity index (χ0n) is 11.1. The molecule has 3 nitrogen and oxygen atoms in total. The van der Waals surface area contributed by atoms with Gasteiger partial charge in [-0.05, 0) is 30.3 Å². The fraction of sp³-hybridized carbons (Fsp3) is 0.0667. The van der Waals surface area contributed by atoms with Crippen LogP contribution in [-0.2, 0) is 4.79 Å². The molecule has 0 unspecified atom stereocenters. The van der Waals surface area contributed by atoms with Crippen molar-refractivity contribution in [1.29, 1.82) is 0 Å². The molecule has 0 bridgehead atoms. The van der Waals surface area contributed by atoms with Crippen LogP contribution < -0.4 is 5.32 Å². The number of hydrogen-bond donors (Lipinski definition) is 1. The molecule has 0 spiro atoms. The number of rotatable bonds is 4. The molecule has 7 heteroatoms. The van der Waals surface area contributed by atoms with Crippen LogP contribution in [0.5, 0.6) is 0 Å². The van der Waals surface area contributed by atoms with E-state index in [-0.39, 0.29) is 5.70 Å². The molecular weight excluding hydrogens is 361 g/mol. The van der Waals surface area contributed by atoms with E-state index in [1.165, 1.54) is 24.5 Å².